The van der Waals surface area contributed by atoms with Gasteiger partial charge in [0.2, 0.25) is 0 Å². The predicted octanol–water partition coefficient (Wildman–Crippen LogP) is 4.88. The molecule has 2 heterocycles. The van der Waals surface area contributed by atoms with Crippen molar-refractivity contribution in [1.29, 1.82) is 0 Å². The number of nitrogens with zero attached hydrogens (tertiary/aromatic N) is 2. The summed E-state index contributed by atoms with van der Waals surface area (Å²) in [6.45, 7) is 1.53. The van der Waals surface area contributed by atoms with Crippen molar-refractivity contribution in [2.45, 2.75) is 6.04 Å². The second-order valence-corrected chi connectivity index (χ2v) is 8.34. The van der Waals surface area contributed by atoms with Crippen molar-refractivity contribution in [1.82, 2.24) is 9.80 Å². The average Bonchev–Trinajstić information content (AvgIpc) is 3.02. The first-order valence-corrected chi connectivity index (χ1v) is 10.7. The third-order valence-corrected chi connectivity index (χ3v) is 6.33. The number of fused-ring (bicyclic) bond motifs is 1. The molecule has 154 valence electrons. The van der Waals surface area contributed by atoms with Crippen LogP contribution in [-0.2, 0) is 0 Å². The predicted molar refractivity (Wildman–Crippen MR) is 121 cm³/mol. The third-order valence-electron chi connectivity index (χ3n) is 5.94. The van der Waals surface area contributed by atoms with E-state index in [-0.39, 0.29) is 24.4 Å². The molecule has 0 saturated carbocycles. The van der Waals surface area contributed by atoms with Gasteiger partial charge in [0.05, 0.1) is 23.7 Å². The molecule has 0 N–H and O–H groups in total. The van der Waals surface area contributed by atoms with Gasteiger partial charge in [-0.1, -0.05) is 84.4 Å². The molecule has 3 aromatic carbocycles. The largest absolute Gasteiger partial charge is 0.284 e. The van der Waals surface area contributed by atoms with Crippen molar-refractivity contribution in [2.24, 2.45) is 0 Å². The van der Waals surface area contributed by atoms with Crippen molar-refractivity contribution in [2.75, 3.05) is 19.6 Å². The Kier molecular flexibility index (Phi) is 5.18. The topological polar surface area (TPSA) is 40.6 Å². The van der Waals surface area contributed by atoms with Gasteiger partial charge in [0.1, 0.15) is 0 Å². The Balaban J connectivity index is 1.34. The Morgan fingerprint density at radius 2 is 1.19 bits per heavy atom. The van der Waals surface area contributed by atoms with Crippen molar-refractivity contribution >= 4 is 23.4 Å². The number of imide groups is 1. The van der Waals surface area contributed by atoms with Gasteiger partial charge in [0, 0.05) is 18.1 Å². The lowest BCUT2D eigenvalue weighted by atomic mass is 9.93. The van der Waals surface area contributed by atoms with Crippen LogP contribution in [0.1, 0.15) is 37.9 Å². The fourth-order valence-corrected chi connectivity index (χ4v) is 4.56. The van der Waals surface area contributed by atoms with E-state index < -0.39 is 0 Å². The van der Waals surface area contributed by atoms with E-state index in [2.05, 4.69) is 53.4 Å². The van der Waals surface area contributed by atoms with Gasteiger partial charge in [-0.2, -0.15) is 0 Å². The molecule has 5 heteroatoms. The maximum atomic E-state index is 12.6. The van der Waals surface area contributed by atoms with E-state index in [1.165, 1.54) is 16.0 Å². The minimum atomic E-state index is -0.276. The summed E-state index contributed by atoms with van der Waals surface area (Å²) in [7, 11) is 0. The molecule has 1 saturated heterocycles. The molecule has 0 spiro atoms. The monoisotopic (exact) mass is 428 g/mol. The molecule has 3 aromatic rings. The number of amides is 2. The molecule has 2 aliphatic rings. The number of hydrogen-bond acceptors (Lipinski definition) is 3. The molecule has 0 radical (unpaired) electrons. The highest BCUT2D eigenvalue weighted by molar-refractivity contribution is 6.31. The first-order chi connectivity index (χ1) is 15.1. The highest BCUT2D eigenvalue weighted by Crippen LogP contribution is 2.36. The van der Waals surface area contributed by atoms with Crippen LogP contribution in [-0.4, -0.2) is 41.2 Å². The maximum absolute atomic E-state index is 12.6. The second kappa shape index (κ2) is 8.14. The summed E-state index contributed by atoms with van der Waals surface area (Å²) in [6.07, 6.45) is 0. The van der Waals surface area contributed by atoms with Gasteiger partial charge in [-0.3, -0.25) is 19.4 Å². The van der Waals surface area contributed by atoms with Crippen LogP contribution in [0, 0.1) is 0 Å². The standard InChI is InChI=1S/C26H21ClN2O2/c27-23(17-29-25(30)21-13-7-8-14-22(21)26(29)31)20-15-28(16-20)24(18-9-3-1-4-10-18)19-11-5-2-6-12-19/h1-14,24H,15-17H2. The highest BCUT2D eigenvalue weighted by Gasteiger charge is 2.37. The van der Waals surface area contributed by atoms with Gasteiger partial charge in [0.25, 0.3) is 11.8 Å². The molecule has 2 amide bonds. The van der Waals surface area contributed by atoms with E-state index in [0.29, 0.717) is 29.2 Å². The van der Waals surface area contributed by atoms with Crippen molar-refractivity contribution in [3.05, 3.63) is 118 Å². The van der Waals surface area contributed by atoms with E-state index in [1.807, 2.05) is 12.1 Å². The summed E-state index contributed by atoms with van der Waals surface area (Å²) in [6, 6.07) is 27.8. The normalized spacial score (nSPS) is 15.9. The lowest BCUT2D eigenvalue weighted by Crippen LogP contribution is -2.44. The van der Waals surface area contributed by atoms with Crippen LogP contribution >= 0.6 is 11.6 Å². The van der Waals surface area contributed by atoms with E-state index >= 15 is 0 Å². The lowest BCUT2D eigenvalue weighted by Gasteiger charge is -2.42. The fourth-order valence-electron chi connectivity index (χ4n) is 4.32. The molecule has 31 heavy (non-hydrogen) atoms. The number of benzene rings is 3. The quantitative estimate of drug-likeness (QED) is 0.544. The molecule has 0 aromatic heterocycles. The van der Waals surface area contributed by atoms with Crippen molar-refractivity contribution in [3.8, 4) is 0 Å². The summed E-state index contributed by atoms with van der Waals surface area (Å²) < 4.78 is 0. The van der Waals surface area contributed by atoms with Gasteiger partial charge in [-0.15, -0.1) is 0 Å². The first-order valence-electron chi connectivity index (χ1n) is 10.3. The van der Waals surface area contributed by atoms with Gasteiger partial charge in [-0.05, 0) is 28.8 Å². The van der Waals surface area contributed by atoms with Crippen molar-refractivity contribution < 1.29 is 9.59 Å². The minimum Gasteiger partial charge on any atom is -0.284 e. The number of carbonyl (C=O) groups is 2. The number of rotatable bonds is 5. The van der Waals surface area contributed by atoms with Crippen LogP contribution in [0.5, 0.6) is 0 Å². The summed E-state index contributed by atoms with van der Waals surface area (Å²) in [5, 5.41) is 0.575. The van der Waals surface area contributed by atoms with Crippen LogP contribution in [0.3, 0.4) is 0 Å². The minimum absolute atomic E-state index is 0.123. The van der Waals surface area contributed by atoms with Gasteiger partial charge < -0.3 is 0 Å². The van der Waals surface area contributed by atoms with E-state index in [1.54, 1.807) is 24.3 Å². The van der Waals surface area contributed by atoms with Crippen LogP contribution in [0.15, 0.2) is 95.5 Å². The fraction of sp³-hybridized carbons (Fsp3) is 0.154. The van der Waals surface area contributed by atoms with E-state index in [0.717, 1.165) is 5.57 Å². The third kappa shape index (κ3) is 3.58. The number of hydrogen-bond donors (Lipinski definition) is 0. The molecular formula is C26H21ClN2O2. The molecule has 1 fully saturated rings. The summed E-state index contributed by atoms with van der Waals surface area (Å²) in [4.78, 5) is 28.9. The molecule has 0 atom stereocenters. The molecule has 0 unspecified atom stereocenters. The molecule has 2 aliphatic heterocycles. The van der Waals surface area contributed by atoms with Crippen LogP contribution in [0.4, 0.5) is 0 Å². The Bertz CT molecular complexity index is 1090. The average molecular weight is 429 g/mol. The summed E-state index contributed by atoms with van der Waals surface area (Å²) in [5.41, 5.74) is 4.42. The Labute approximate surface area is 186 Å². The second-order valence-electron chi connectivity index (χ2n) is 7.88. The Morgan fingerprint density at radius 3 is 1.68 bits per heavy atom. The van der Waals surface area contributed by atoms with Gasteiger partial charge in [-0.25, -0.2) is 0 Å². The molecule has 0 aliphatic carbocycles. The Hall–Kier alpha value is -3.21. The van der Waals surface area contributed by atoms with Crippen LogP contribution in [0.25, 0.3) is 0 Å². The van der Waals surface area contributed by atoms with Crippen LogP contribution in [0.2, 0.25) is 0 Å². The maximum Gasteiger partial charge on any atom is 0.261 e. The summed E-state index contributed by atoms with van der Waals surface area (Å²) in [5.74, 6) is -0.552. The highest BCUT2D eigenvalue weighted by atomic mass is 35.5. The zero-order chi connectivity index (χ0) is 21.4. The van der Waals surface area contributed by atoms with Gasteiger partial charge in [0.15, 0.2) is 0 Å². The zero-order valence-electron chi connectivity index (χ0n) is 16.9. The molecule has 4 nitrogen and oxygen atoms in total. The van der Waals surface area contributed by atoms with Crippen LogP contribution < -0.4 is 0 Å². The number of carbonyl (C=O) groups excluding carboxylic acids is 2. The summed E-state index contributed by atoms with van der Waals surface area (Å²) >= 11 is 6.61. The van der Waals surface area contributed by atoms with E-state index in [4.69, 9.17) is 11.6 Å². The molecular weight excluding hydrogens is 408 g/mol. The smallest absolute Gasteiger partial charge is 0.261 e. The SMILES string of the molecule is O=C1c2ccccc2C(=O)N1CC(Cl)=C1CN(C(c2ccccc2)c2ccccc2)C1. The molecule has 0 bridgehead atoms. The Morgan fingerprint density at radius 1 is 0.742 bits per heavy atom. The molecule has 5 rings (SSSR count). The van der Waals surface area contributed by atoms with Gasteiger partial charge >= 0.3 is 0 Å². The van der Waals surface area contributed by atoms with Crippen molar-refractivity contribution in [3.63, 3.8) is 0 Å². The number of halogens is 1. The zero-order valence-corrected chi connectivity index (χ0v) is 17.6. The first kappa shape index (κ1) is 19.7. The number of likely N-dealkylation sites (tertiary alicyclic amines) is 1. The lowest BCUT2D eigenvalue weighted by molar-refractivity contribution is 0.0669. The van der Waals surface area contributed by atoms with E-state index in [9.17, 15) is 9.59 Å².